The van der Waals surface area contributed by atoms with Crippen LogP contribution in [-0.2, 0) is 0 Å². The van der Waals surface area contributed by atoms with Crippen molar-refractivity contribution < 1.29 is 0 Å². The molecule has 0 saturated carbocycles. The Bertz CT molecular complexity index is 302. The van der Waals surface area contributed by atoms with Gasteiger partial charge in [-0.3, -0.25) is 4.99 Å². The molecular formula is C10H19N5. The molecule has 1 aromatic heterocycles. The predicted octanol–water partition coefficient (Wildman–Crippen LogP) is 1.03. The van der Waals surface area contributed by atoms with E-state index < -0.39 is 0 Å². The Morgan fingerprint density at radius 1 is 1.60 bits per heavy atom. The van der Waals surface area contributed by atoms with Gasteiger partial charge in [-0.1, -0.05) is 13.8 Å². The minimum absolute atomic E-state index is 0.0518. The molecule has 0 bridgehead atoms. The molecule has 1 rings (SSSR count). The topological polar surface area (TPSA) is 79.1 Å². The second-order valence-corrected chi connectivity index (χ2v) is 3.96. The molecule has 0 aliphatic heterocycles. The van der Waals surface area contributed by atoms with E-state index in [1.807, 2.05) is 6.92 Å². The highest BCUT2D eigenvalue weighted by Gasteiger charge is 2.07. The molecule has 4 N–H and O–H groups in total. The molecule has 0 spiro atoms. The van der Waals surface area contributed by atoms with Crippen LogP contribution in [0.1, 0.15) is 32.6 Å². The van der Waals surface area contributed by atoms with Gasteiger partial charge in [0.1, 0.15) is 5.82 Å². The Morgan fingerprint density at radius 3 is 2.87 bits per heavy atom. The van der Waals surface area contributed by atoms with E-state index >= 15 is 0 Å². The van der Waals surface area contributed by atoms with Gasteiger partial charge in [-0.2, -0.15) is 0 Å². The van der Waals surface area contributed by atoms with E-state index in [4.69, 9.17) is 5.73 Å². The van der Waals surface area contributed by atoms with Gasteiger partial charge in [0, 0.05) is 18.9 Å². The quantitative estimate of drug-likeness (QED) is 0.512. The van der Waals surface area contributed by atoms with Crippen molar-refractivity contribution in [3.8, 4) is 0 Å². The van der Waals surface area contributed by atoms with E-state index in [0.717, 1.165) is 12.4 Å². The summed E-state index contributed by atoms with van der Waals surface area (Å²) in [4.78, 5) is 11.4. The number of aromatic nitrogens is 2. The van der Waals surface area contributed by atoms with Gasteiger partial charge in [0.05, 0.1) is 6.04 Å². The van der Waals surface area contributed by atoms with Crippen LogP contribution in [0, 0.1) is 5.92 Å². The Labute approximate surface area is 90.2 Å². The van der Waals surface area contributed by atoms with E-state index in [1.165, 1.54) is 0 Å². The SMILES string of the molecule is CC(C)CN=C(N)NC(C)c1ncc[nH]1. The monoisotopic (exact) mass is 209 g/mol. The molecule has 0 amide bonds. The second kappa shape index (κ2) is 5.38. The van der Waals surface area contributed by atoms with Crippen LogP contribution < -0.4 is 11.1 Å². The smallest absolute Gasteiger partial charge is 0.189 e. The van der Waals surface area contributed by atoms with Crippen molar-refractivity contribution in [3.63, 3.8) is 0 Å². The lowest BCUT2D eigenvalue weighted by Crippen LogP contribution is -2.34. The first kappa shape index (κ1) is 11.6. The van der Waals surface area contributed by atoms with Crippen molar-refractivity contribution in [1.29, 1.82) is 0 Å². The van der Waals surface area contributed by atoms with Crippen molar-refractivity contribution in [2.75, 3.05) is 6.54 Å². The van der Waals surface area contributed by atoms with Crippen molar-refractivity contribution in [2.45, 2.75) is 26.8 Å². The second-order valence-electron chi connectivity index (χ2n) is 3.96. The molecule has 0 aliphatic rings. The van der Waals surface area contributed by atoms with Crippen LogP contribution in [0.3, 0.4) is 0 Å². The molecule has 1 aromatic rings. The first-order valence-electron chi connectivity index (χ1n) is 5.15. The number of hydrogen-bond acceptors (Lipinski definition) is 2. The third kappa shape index (κ3) is 4.01. The summed E-state index contributed by atoms with van der Waals surface area (Å²) in [6, 6.07) is 0.0518. The molecule has 0 aromatic carbocycles. The molecule has 84 valence electrons. The highest BCUT2D eigenvalue weighted by atomic mass is 15.1. The Kier molecular flexibility index (Phi) is 4.15. The van der Waals surface area contributed by atoms with Crippen molar-refractivity contribution in [3.05, 3.63) is 18.2 Å². The molecule has 5 heteroatoms. The zero-order valence-corrected chi connectivity index (χ0v) is 9.49. The number of imidazole rings is 1. The summed E-state index contributed by atoms with van der Waals surface area (Å²) in [5.41, 5.74) is 5.73. The Balaban J connectivity index is 2.44. The third-order valence-electron chi connectivity index (χ3n) is 1.92. The number of nitrogens with two attached hydrogens (primary N) is 1. The number of aromatic amines is 1. The van der Waals surface area contributed by atoms with Gasteiger partial charge in [0.25, 0.3) is 0 Å². The number of guanidine groups is 1. The minimum Gasteiger partial charge on any atom is -0.370 e. The van der Waals surface area contributed by atoms with Gasteiger partial charge in [-0.15, -0.1) is 0 Å². The molecule has 0 saturated heterocycles. The summed E-state index contributed by atoms with van der Waals surface area (Å²) in [6.07, 6.45) is 3.50. The van der Waals surface area contributed by atoms with Crippen molar-refractivity contribution in [1.82, 2.24) is 15.3 Å². The number of aliphatic imine (C=N–C) groups is 1. The van der Waals surface area contributed by atoms with E-state index in [9.17, 15) is 0 Å². The molecule has 0 radical (unpaired) electrons. The summed E-state index contributed by atoms with van der Waals surface area (Å²) in [5.74, 6) is 1.84. The number of H-pyrrole nitrogens is 1. The Morgan fingerprint density at radius 2 is 2.33 bits per heavy atom. The molecule has 0 aliphatic carbocycles. The fraction of sp³-hybridized carbons (Fsp3) is 0.600. The van der Waals surface area contributed by atoms with E-state index in [1.54, 1.807) is 12.4 Å². The van der Waals surface area contributed by atoms with Gasteiger partial charge in [-0.25, -0.2) is 4.98 Å². The standard InChI is InChI=1S/C10H19N5/c1-7(2)6-14-10(11)15-8(3)9-12-4-5-13-9/h4-5,7-8H,6H2,1-3H3,(H,12,13)(H3,11,14,15). The fourth-order valence-electron chi connectivity index (χ4n) is 1.13. The largest absolute Gasteiger partial charge is 0.370 e. The first-order chi connectivity index (χ1) is 7.09. The van der Waals surface area contributed by atoms with Gasteiger partial charge in [0.15, 0.2) is 5.96 Å². The van der Waals surface area contributed by atoms with Crippen LogP contribution in [0.25, 0.3) is 0 Å². The van der Waals surface area contributed by atoms with Gasteiger partial charge >= 0.3 is 0 Å². The lowest BCUT2D eigenvalue weighted by atomic mass is 10.2. The van der Waals surface area contributed by atoms with Crippen molar-refractivity contribution in [2.24, 2.45) is 16.6 Å². The van der Waals surface area contributed by atoms with Gasteiger partial charge in [-0.05, 0) is 12.8 Å². The van der Waals surface area contributed by atoms with E-state index in [0.29, 0.717) is 11.9 Å². The number of rotatable bonds is 4. The zero-order chi connectivity index (χ0) is 11.3. The predicted molar refractivity (Wildman–Crippen MR) is 61.5 cm³/mol. The van der Waals surface area contributed by atoms with Gasteiger partial charge < -0.3 is 16.0 Å². The van der Waals surface area contributed by atoms with Crippen LogP contribution in [0.5, 0.6) is 0 Å². The van der Waals surface area contributed by atoms with Gasteiger partial charge in [0.2, 0.25) is 0 Å². The van der Waals surface area contributed by atoms with Crippen LogP contribution in [-0.4, -0.2) is 22.5 Å². The molecule has 1 unspecified atom stereocenters. The number of hydrogen-bond donors (Lipinski definition) is 3. The maximum absolute atomic E-state index is 5.73. The molecule has 5 nitrogen and oxygen atoms in total. The molecule has 15 heavy (non-hydrogen) atoms. The third-order valence-corrected chi connectivity index (χ3v) is 1.92. The fourth-order valence-corrected chi connectivity index (χ4v) is 1.13. The maximum atomic E-state index is 5.73. The summed E-state index contributed by atoms with van der Waals surface area (Å²) in [6.45, 7) is 6.93. The summed E-state index contributed by atoms with van der Waals surface area (Å²) in [7, 11) is 0. The van der Waals surface area contributed by atoms with Crippen LogP contribution in [0.15, 0.2) is 17.4 Å². The summed E-state index contributed by atoms with van der Waals surface area (Å²) < 4.78 is 0. The Hall–Kier alpha value is -1.52. The van der Waals surface area contributed by atoms with Crippen LogP contribution in [0.4, 0.5) is 0 Å². The normalized spacial score (nSPS) is 14.3. The average molecular weight is 209 g/mol. The number of nitrogens with zero attached hydrogens (tertiary/aromatic N) is 2. The zero-order valence-electron chi connectivity index (χ0n) is 9.49. The summed E-state index contributed by atoms with van der Waals surface area (Å²) >= 11 is 0. The highest BCUT2D eigenvalue weighted by Crippen LogP contribution is 2.04. The molecule has 0 fully saturated rings. The molecule has 1 heterocycles. The van der Waals surface area contributed by atoms with Crippen LogP contribution in [0.2, 0.25) is 0 Å². The number of nitrogens with one attached hydrogen (secondary N) is 2. The van der Waals surface area contributed by atoms with Crippen LogP contribution >= 0.6 is 0 Å². The molecular weight excluding hydrogens is 190 g/mol. The minimum atomic E-state index is 0.0518. The average Bonchev–Trinajstić information content (AvgIpc) is 2.67. The van der Waals surface area contributed by atoms with E-state index in [-0.39, 0.29) is 6.04 Å². The lowest BCUT2D eigenvalue weighted by Gasteiger charge is -2.12. The molecule has 1 atom stereocenters. The summed E-state index contributed by atoms with van der Waals surface area (Å²) in [5, 5.41) is 3.07. The lowest BCUT2D eigenvalue weighted by molar-refractivity contribution is 0.641. The maximum Gasteiger partial charge on any atom is 0.189 e. The van der Waals surface area contributed by atoms with Crippen molar-refractivity contribution >= 4 is 5.96 Å². The highest BCUT2D eigenvalue weighted by molar-refractivity contribution is 5.78. The van der Waals surface area contributed by atoms with E-state index in [2.05, 4.69) is 34.1 Å². The first-order valence-corrected chi connectivity index (χ1v) is 5.15.